The number of aliphatic hydroxyl groups excluding tert-OH is 2. The lowest BCUT2D eigenvalue weighted by atomic mass is 9.87. The van der Waals surface area contributed by atoms with Gasteiger partial charge in [0.1, 0.15) is 18.5 Å². The van der Waals surface area contributed by atoms with E-state index in [-0.39, 0.29) is 68.9 Å². The number of aliphatic hydroxyl groups is 2. The molecule has 4 rings (SSSR count). The predicted molar refractivity (Wildman–Crippen MR) is 158 cm³/mol. The van der Waals surface area contributed by atoms with E-state index in [0.717, 1.165) is 5.56 Å². The summed E-state index contributed by atoms with van der Waals surface area (Å²) < 4.78 is 28.3. The van der Waals surface area contributed by atoms with Gasteiger partial charge in [-0.1, -0.05) is 6.07 Å². The molecule has 12 nitrogen and oxygen atoms in total. The summed E-state index contributed by atoms with van der Waals surface area (Å²) in [5.74, 6) is 0.930. The number of amides is 2. The first-order valence-electron chi connectivity index (χ1n) is 13.2. The molecule has 3 N–H and O–H groups in total. The lowest BCUT2D eigenvalue weighted by molar-refractivity contribution is -0.140. The van der Waals surface area contributed by atoms with Crippen LogP contribution in [0.3, 0.4) is 0 Å². The largest absolute Gasteiger partial charge is 0.493 e. The van der Waals surface area contributed by atoms with E-state index < -0.39 is 24.2 Å². The number of hydrogen-bond donors (Lipinski definition) is 3. The van der Waals surface area contributed by atoms with Gasteiger partial charge in [0.25, 0.3) is 0 Å². The minimum Gasteiger partial charge on any atom is -0.493 e. The molecular weight excluding hydrogens is 663 g/mol. The highest BCUT2D eigenvalue weighted by molar-refractivity contribution is 14.1. The van der Waals surface area contributed by atoms with Crippen molar-refractivity contribution in [2.24, 2.45) is 0 Å². The lowest BCUT2D eigenvalue weighted by Crippen LogP contribution is -2.55. The van der Waals surface area contributed by atoms with Crippen LogP contribution in [-0.4, -0.2) is 92.2 Å². The molecule has 0 saturated heterocycles. The van der Waals surface area contributed by atoms with Crippen molar-refractivity contribution in [2.45, 2.75) is 37.6 Å². The number of aldehydes is 1. The van der Waals surface area contributed by atoms with E-state index in [1.54, 1.807) is 24.3 Å². The Hall–Kier alpha value is -3.40. The third kappa shape index (κ3) is 7.32. The first-order valence-corrected chi connectivity index (χ1v) is 14.3. The third-order valence-corrected chi connectivity index (χ3v) is 7.69. The summed E-state index contributed by atoms with van der Waals surface area (Å²) in [6, 6.07) is 7.58. The summed E-state index contributed by atoms with van der Waals surface area (Å²) in [5, 5.41) is 23.6. The van der Waals surface area contributed by atoms with Gasteiger partial charge in [0.15, 0.2) is 23.0 Å². The molecule has 42 heavy (non-hydrogen) atoms. The van der Waals surface area contributed by atoms with Gasteiger partial charge in [-0.05, 0) is 58.5 Å². The molecule has 2 amide bonds. The summed E-state index contributed by atoms with van der Waals surface area (Å²) in [4.78, 5) is 39.5. The maximum absolute atomic E-state index is 13.6. The smallest absolute Gasteiger partial charge is 0.247 e. The molecule has 2 aromatic rings. The Morgan fingerprint density at radius 1 is 1.19 bits per heavy atom. The number of halogens is 1. The van der Waals surface area contributed by atoms with Gasteiger partial charge in [0.2, 0.25) is 18.6 Å². The second-order valence-corrected chi connectivity index (χ2v) is 10.8. The molecule has 0 aromatic heterocycles. The van der Waals surface area contributed by atoms with Crippen LogP contribution in [0, 0.1) is 3.57 Å². The second kappa shape index (κ2) is 14.7. The first-order chi connectivity index (χ1) is 20.3. The van der Waals surface area contributed by atoms with Gasteiger partial charge in [-0.2, -0.15) is 0 Å². The number of methoxy groups -OCH3 is 2. The molecule has 0 bridgehead atoms. The van der Waals surface area contributed by atoms with Crippen molar-refractivity contribution in [3.63, 3.8) is 0 Å². The minimum atomic E-state index is -1.26. The zero-order chi connectivity index (χ0) is 30.2. The molecule has 0 fully saturated rings. The molecule has 2 aromatic carbocycles. The quantitative estimate of drug-likeness (QED) is 0.209. The standard InChI is InChI=1S/C29H33IN2O10/c1-38-8-5-26(35)32(14-17-3-4-22-23(10-17)41-16-40-22)21-12-19(29(37)31-6-7-33)13-24(27(21)36)42-28-20(30)9-18(15-34)11-25(28)39-2/h3-4,9-11,13,15,21,24,27,33,36H,5-8,12,14,16H2,1-2H3,(H,31,37)/t21-,24+,27+/m1/s1. The molecule has 0 radical (unpaired) electrons. The van der Waals surface area contributed by atoms with Gasteiger partial charge in [0, 0.05) is 37.8 Å². The number of nitrogens with one attached hydrogen (secondary N) is 1. The summed E-state index contributed by atoms with van der Waals surface area (Å²) in [6.45, 7) is 0.144. The average molecular weight is 696 g/mol. The maximum Gasteiger partial charge on any atom is 0.247 e. The Bertz CT molecular complexity index is 1330. The topological polar surface area (TPSA) is 153 Å². The third-order valence-electron chi connectivity index (χ3n) is 6.89. The summed E-state index contributed by atoms with van der Waals surface area (Å²) >= 11 is 2.00. The van der Waals surface area contributed by atoms with Crippen LogP contribution < -0.4 is 24.3 Å². The van der Waals surface area contributed by atoms with Crippen LogP contribution in [0.4, 0.5) is 0 Å². The van der Waals surface area contributed by atoms with E-state index in [9.17, 15) is 24.6 Å². The Kier molecular flexibility index (Phi) is 11.0. The van der Waals surface area contributed by atoms with E-state index in [0.29, 0.717) is 26.9 Å². The van der Waals surface area contributed by atoms with Crippen LogP contribution in [0.25, 0.3) is 0 Å². The first kappa shape index (κ1) is 31.5. The van der Waals surface area contributed by atoms with Crippen LogP contribution in [-0.2, 0) is 20.9 Å². The number of hydrogen-bond acceptors (Lipinski definition) is 10. The van der Waals surface area contributed by atoms with Crippen molar-refractivity contribution >= 4 is 40.7 Å². The Labute approximate surface area is 256 Å². The van der Waals surface area contributed by atoms with E-state index in [4.69, 9.17) is 23.7 Å². The zero-order valence-corrected chi connectivity index (χ0v) is 25.4. The van der Waals surface area contributed by atoms with Gasteiger partial charge >= 0.3 is 0 Å². The predicted octanol–water partition coefficient (Wildman–Crippen LogP) is 1.82. The average Bonchev–Trinajstić information content (AvgIpc) is 3.47. The fourth-order valence-corrected chi connectivity index (χ4v) is 5.55. The number of benzene rings is 2. The zero-order valence-electron chi connectivity index (χ0n) is 23.2. The normalized spacial score (nSPS) is 19.1. The van der Waals surface area contributed by atoms with Gasteiger partial charge in [-0.3, -0.25) is 14.4 Å². The molecule has 0 unspecified atom stereocenters. The number of carbonyl (C=O) groups excluding carboxylic acids is 3. The fraction of sp³-hybridized carbons (Fsp3) is 0.414. The van der Waals surface area contributed by atoms with Crippen molar-refractivity contribution < 1.29 is 48.3 Å². The lowest BCUT2D eigenvalue weighted by Gasteiger charge is -2.40. The number of carbonyl (C=O) groups is 3. The number of rotatable bonds is 13. The monoisotopic (exact) mass is 696 g/mol. The summed E-state index contributed by atoms with van der Waals surface area (Å²) in [6.07, 6.45) is -0.0632. The molecule has 1 aliphatic heterocycles. The highest BCUT2D eigenvalue weighted by atomic mass is 127. The fourth-order valence-electron chi connectivity index (χ4n) is 4.80. The van der Waals surface area contributed by atoms with E-state index in [1.165, 1.54) is 31.3 Å². The van der Waals surface area contributed by atoms with Gasteiger partial charge in [-0.25, -0.2) is 0 Å². The number of fused-ring (bicyclic) bond motifs is 1. The summed E-state index contributed by atoms with van der Waals surface area (Å²) in [7, 11) is 2.92. The van der Waals surface area contributed by atoms with Gasteiger partial charge in [-0.15, -0.1) is 0 Å². The molecule has 13 heteroatoms. The number of nitrogens with zero attached hydrogens (tertiary/aromatic N) is 1. The second-order valence-electron chi connectivity index (χ2n) is 9.62. The highest BCUT2D eigenvalue weighted by Crippen LogP contribution is 2.38. The van der Waals surface area contributed by atoms with E-state index in [2.05, 4.69) is 5.32 Å². The van der Waals surface area contributed by atoms with E-state index >= 15 is 0 Å². The van der Waals surface area contributed by atoms with Crippen molar-refractivity contribution in [2.75, 3.05) is 40.8 Å². The van der Waals surface area contributed by atoms with Crippen LogP contribution in [0.2, 0.25) is 0 Å². The summed E-state index contributed by atoms with van der Waals surface area (Å²) in [5.41, 5.74) is 1.39. The van der Waals surface area contributed by atoms with Crippen molar-refractivity contribution in [1.29, 1.82) is 0 Å². The van der Waals surface area contributed by atoms with Crippen LogP contribution >= 0.6 is 22.6 Å². The molecule has 2 aliphatic rings. The Morgan fingerprint density at radius 3 is 2.69 bits per heavy atom. The van der Waals surface area contributed by atoms with Crippen LogP contribution in [0.15, 0.2) is 42.0 Å². The Morgan fingerprint density at radius 2 is 1.98 bits per heavy atom. The maximum atomic E-state index is 13.6. The molecule has 0 saturated carbocycles. The molecule has 3 atom stereocenters. The highest BCUT2D eigenvalue weighted by Gasteiger charge is 2.41. The molecule has 1 heterocycles. The van der Waals surface area contributed by atoms with Crippen molar-refractivity contribution in [3.05, 3.63) is 56.7 Å². The molecule has 226 valence electrons. The SMILES string of the molecule is COCCC(=O)N(Cc1ccc2c(c1)OCO2)[C@@H]1CC(C(=O)NCCO)=C[C@H](Oc2c(I)cc(C=O)cc2OC)[C@H]1O. The van der Waals surface area contributed by atoms with Crippen molar-refractivity contribution in [3.8, 4) is 23.0 Å². The molecular formula is C29H33IN2O10. The molecule has 1 aliphatic carbocycles. The van der Waals surface area contributed by atoms with Crippen LogP contribution in [0.5, 0.6) is 23.0 Å². The Balaban J connectivity index is 1.71. The van der Waals surface area contributed by atoms with Crippen LogP contribution in [0.1, 0.15) is 28.8 Å². The van der Waals surface area contributed by atoms with Gasteiger partial charge in [0.05, 0.1) is 36.4 Å². The molecule has 0 spiro atoms. The van der Waals surface area contributed by atoms with Gasteiger partial charge < -0.3 is 44.1 Å². The van der Waals surface area contributed by atoms with E-state index in [1.807, 2.05) is 22.6 Å². The minimum absolute atomic E-state index is 0.0276. The van der Waals surface area contributed by atoms with Crippen molar-refractivity contribution in [1.82, 2.24) is 10.2 Å². The number of ether oxygens (including phenoxy) is 5.